The largest absolute Gasteiger partial charge is 0.419 e. The lowest BCUT2D eigenvalue weighted by molar-refractivity contribution is -0.390. The Kier molecular flexibility index (Phi) is 7.94. The van der Waals surface area contributed by atoms with Crippen LogP contribution in [0.5, 0.6) is 0 Å². The lowest BCUT2D eigenvalue weighted by atomic mass is 10.0. The van der Waals surface area contributed by atoms with E-state index < -0.39 is 40.7 Å². The molecule has 39 heavy (non-hydrogen) atoms. The van der Waals surface area contributed by atoms with E-state index in [0.717, 1.165) is 6.07 Å². The van der Waals surface area contributed by atoms with E-state index in [1.807, 2.05) is 0 Å². The van der Waals surface area contributed by atoms with Gasteiger partial charge in [0.15, 0.2) is 0 Å². The number of nitrogens with zero attached hydrogens (tertiary/aromatic N) is 4. The van der Waals surface area contributed by atoms with Gasteiger partial charge in [0.05, 0.1) is 17.6 Å². The Balaban J connectivity index is 1.36. The summed E-state index contributed by atoms with van der Waals surface area (Å²) in [5.41, 5.74) is 0.00762. The van der Waals surface area contributed by atoms with Gasteiger partial charge in [-0.1, -0.05) is 6.08 Å². The number of nitrogens with one attached hydrogen (secondary N) is 5. The van der Waals surface area contributed by atoms with Crippen LogP contribution < -0.4 is 21.3 Å². The Morgan fingerprint density at radius 3 is 2.85 bits per heavy atom. The molecule has 1 aromatic carbocycles. The first-order chi connectivity index (χ1) is 18.5. The summed E-state index contributed by atoms with van der Waals surface area (Å²) in [6.45, 7) is 0.529. The maximum atomic E-state index is 13.7. The summed E-state index contributed by atoms with van der Waals surface area (Å²) >= 11 is 0. The summed E-state index contributed by atoms with van der Waals surface area (Å²) in [4.78, 5) is 35.1. The number of aromatic nitrogens is 2. The zero-order valence-electron chi connectivity index (χ0n) is 20.3. The van der Waals surface area contributed by atoms with Crippen LogP contribution in [0.2, 0.25) is 0 Å². The van der Waals surface area contributed by atoms with Crippen molar-refractivity contribution in [3.05, 3.63) is 87.4 Å². The molecule has 5 N–H and O–H groups in total. The average Bonchev–Trinajstić information content (AvgIpc) is 3.33. The van der Waals surface area contributed by atoms with Crippen LogP contribution in [0.25, 0.3) is 0 Å². The predicted octanol–water partition coefficient (Wildman–Crippen LogP) is 2.35. The van der Waals surface area contributed by atoms with Crippen molar-refractivity contribution in [3.8, 4) is 0 Å². The van der Waals surface area contributed by atoms with E-state index in [1.165, 1.54) is 24.8 Å². The first-order valence-electron chi connectivity index (χ1n) is 11.4. The number of imidazole rings is 1. The van der Waals surface area contributed by atoms with Crippen LogP contribution in [0.4, 0.5) is 29.1 Å². The number of benzene rings is 1. The van der Waals surface area contributed by atoms with Crippen LogP contribution in [0.1, 0.15) is 11.3 Å². The number of rotatable bonds is 9. The number of hydrogen-bond donors (Lipinski definition) is 5. The summed E-state index contributed by atoms with van der Waals surface area (Å²) in [7, 11) is 1.72. The minimum atomic E-state index is -4.85. The van der Waals surface area contributed by atoms with Gasteiger partial charge >= 0.3 is 12.0 Å². The minimum absolute atomic E-state index is 0.0309. The highest BCUT2D eigenvalue weighted by molar-refractivity contribution is 5.88. The van der Waals surface area contributed by atoms with Crippen LogP contribution in [0.3, 0.4) is 0 Å². The standard InChI is InChI=1S/C23H23F4N9O3/c1-35(10-18-22(36(38)39)32-12-30-18)6-2-3-20(37)34-19-8-14-17(9-28-19)29-11-31-21(14)33-13-4-5-16(24)15(7-13)23(25,26)27/h2-5,7-9,11-12,19,21,28,33H,6,10H2,1H3,(H,29,31)(H,30,32)(H,34,37)/b3-2+. The Bertz CT molecular complexity index is 1370. The number of alkyl halides is 3. The highest BCUT2D eigenvalue weighted by Crippen LogP contribution is 2.33. The minimum Gasteiger partial charge on any atom is -0.366 e. The number of dihydropyridines is 1. The number of hydrogen-bond acceptors (Lipinski definition) is 9. The van der Waals surface area contributed by atoms with Gasteiger partial charge in [0.25, 0.3) is 0 Å². The number of aromatic amines is 1. The van der Waals surface area contributed by atoms with Crippen LogP contribution in [0, 0.1) is 15.9 Å². The fourth-order valence-corrected chi connectivity index (χ4v) is 3.86. The van der Waals surface area contributed by atoms with E-state index in [4.69, 9.17) is 0 Å². The molecule has 2 aliphatic rings. The SMILES string of the molecule is CN(C/C=C/C(=O)NC1C=C2C(=CN1)N=CNC2Nc1ccc(F)c(C(F)(F)F)c1)Cc1[nH]cnc1[N+](=O)[O-]. The maximum absolute atomic E-state index is 13.7. The van der Waals surface area contributed by atoms with Crippen molar-refractivity contribution in [1.29, 1.82) is 0 Å². The van der Waals surface area contributed by atoms with Gasteiger partial charge in [0.2, 0.25) is 12.2 Å². The highest BCUT2D eigenvalue weighted by Gasteiger charge is 2.34. The zero-order chi connectivity index (χ0) is 28.2. The van der Waals surface area contributed by atoms with Crippen molar-refractivity contribution in [2.45, 2.75) is 25.1 Å². The van der Waals surface area contributed by atoms with E-state index in [-0.39, 0.29) is 18.1 Å². The highest BCUT2D eigenvalue weighted by atomic mass is 19.4. The molecule has 0 fully saturated rings. The number of aliphatic imine (C=N–C) groups is 1. The average molecular weight is 549 g/mol. The first kappa shape index (κ1) is 27.3. The third kappa shape index (κ3) is 6.78. The Labute approximate surface area is 218 Å². The molecule has 2 aliphatic heterocycles. The number of fused-ring (bicyclic) bond motifs is 1. The van der Waals surface area contributed by atoms with Gasteiger partial charge in [-0.15, -0.1) is 0 Å². The normalized spacial score (nSPS) is 18.6. The number of carbonyl (C=O) groups is 1. The fourth-order valence-electron chi connectivity index (χ4n) is 3.86. The van der Waals surface area contributed by atoms with Gasteiger partial charge in [-0.05, 0) is 41.2 Å². The van der Waals surface area contributed by atoms with Crippen LogP contribution in [-0.4, -0.2) is 58.0 Å². The number of nitro groups is 1. The number of anilines is 1. The third-order valence-corrected chi connectivity index (χ3v) is 5.66. The molecule has 2 unspecified atom stereocenters. The summed E-state index contributed by atoms with van der Waals surface area (Å²) in [6.07, 6.45) is 2.46. The summed E-state index contributed by atoms with van der Waals surface area (Å²) in [5.74, 6) is -2.08. The second-order valence-electron chi connectivity index (χ2n) is 8.56. The number of likely N-dealkylation sites (N-methyl/N-ethyl adjacent to an activating group) is 1. The molecule has 1 aromatic heterocycles. The molecule has 0 bridgehead atoms. The molecule has 0 aliphatic carbocycles. The van der Waals surface area contributed by atoms with Crippen LogP contribution in [0.15, 0.2) is 65.2 Å². The van der Waals surface area contributed by atoms with E-state index in [2.05, 4.69) is 36.2 Å². The number of H-pyrrole nitrogens is 1. The van der Waals surface area contributed by atoms with E-state index in [1.54, 1.807) is 30.3 Å². The Morgan fingerprint density at radius 2 is 2.10 bits per heavy atom. The molecule has 206 valence electrons. The summed E-state index contributed by atoms with van der Waals surface area (Å²) in [6, 6.07) is 2.60. The van der Waals surface area contributed by atoms with Crippen molar-refractivity contribution in [1.82, 2.24) is 30.8 Å². The number of amides is 1. The molecule has 12 nitrogen and oxygen atoms in total. The summed E-state index contributed by atoms with van der Waals surface area (Å²) < 4.78 is 53.0. The van der Waals surface area contributed by atoms with Gasteiger partial charge < -0.3 is 36.4 Å². The number of halogens is 4. The van der Waals surface area contributed by atoms with Crippen LogP contribution >= 0.6 is 0 Å². The van der Waals surface area contributed by atoms with Gasteiger partial charge in [-0.2, -0.15) is 13.2 Å². The van der Waals surface area contributed by atoms with Gasteiger partial charge in [0.1, 0.15) is 23.8 Å². The second-order valence-corrected chi connectivity index (χ2v) is 8.56. The monoisotopic (exact) mass is 549 g/mol. The summed E-state index contributed by atoms with van der Waals surface area (Å²) in [5, 5.41) is 22.4. The van der Waals surface area contributed by atoms with Gasteiger partial charge in [0, 0.05) is 36.6 Å². The number of carbonyl (C=O) groups excluding carboxylic acids is 1. The molecule has 2 aromatic rings. The van der Waals surface area contributed by atoms with Gasteiger partial charge in [-0.3, -0.25) is 9.69 Å². The van der Waals surface area contributed by atoms with Crippen LogP contribution in [-0.2, 0) is 17.5 Å². The van der Waals surface area contributed by atoms with Crippen molar-refractivity contribution >= 4 is 23.8 Å². The molecular weight excluding hydrogens is 526 g/mol. The van der Waals surface area contributed by atoms with Crippen molar-refractivity contribution in [2.24, 2.45) is 4.99 Å². The molecule has 4 rings (SSSR count). The molecule has 3 heterocycles. The molecular formula is C23H23F4N9O3. The molecule has 0 spiro atoms. The third-order valence-electron chi connectivity index (χ3n) is 5.66. The molecule has 16 heteroatoms. The van der Waals surface area contributed by atoms with Crippen molar-refractivity contribution in [2.75, 3.05) is 18.9 Å². The van der Waals surface area contributed by atoms with Crippen molar-refractivity contribution in [3.63, 3.8) is 0 Å². The lowest BCUT2D eigenvalue weighted by Gasteiger charge is -2.31. The maximum Gasteiger partial charge on any atom is 0.419 e. The molecule has 1 amide bonds. The molecule has 0 radical (unpaired) electrons. The smallest absolute Gasteiger partial charge is 0.366 e. The second kappa shape index (κ2) is 11.3. The van der Waals surface area contributed by atoms with E-state index in [9.17, 15) is 32.5 Å². The van der Waals surface area contributed by atoms with Crippen molar-refractivity contribution < 1.29 is 27.3 Å². The quantitative estimate of drug-likeness (QED) is 0.138. The molecule has 0 saturated heterocycles. The molecule has 2 atom stereocenters. The van der Waals surface area contributed by atoms with E-state index >= 15 is 0 Å². The van der Waals surface area contributed by atoms with E-state index in [0.29, 0.717) is 29.6 Å². The topological polar surface area (TPSA) is 153 Å². The fraction of sp³-hybridized carbons (Fsp3) is 0.261. The lowest BCUT2D eigenvalue weighted by Crippen LogP contribution is -2.47. The zero-order valence-corrected chi connectivity index (χ0v) is 20.3. The molecule has 0 saturated carbocycles. The first-order valence-corrected chi connectivity index (χ1v) is 11.4. The Morgan fingerprint density at radius 1 is 1.31 bits per heavy atom. The van der Waals surface area contributed by atoms with Gasteiger partial charge in [-0.25, -0.2) is 9.38 Å². The Hall–Kier alpha value is -4.73. The predicted molar refractivity (Wildman–Crippen MR) is 132 cm³/mol.